The van der Waals surface area contributed by atoms with Crippen molar-refractivity contribution in [3.8, 4) is 0 Å². The first kappa shape index (κ1) is 15.2. The van der Waals surface area contributed by atoms with Crippen molar-refractivity contribution in [1.82, 2.24) is 5.32 Å². The van der Waals surface area contributed by atoms with Crippen LogP contribution in [0.15, 0.2) is 18.2 Å². The highest BCUT2D eigenvalue weighted by Gasteiger charge is 2.12. The van der Waals surface area contributed by atoms with E-state index in [2.05, 4.69) is 33.0 Å². The summed E-state index contributed by atoms with van der Waals surface area (Å²) in [5.41, 5.74) is 2.33. The fourth-order valence-electron chi connectivity index (χ4n) is 2.22. The second-order valence-electron chi connectivity index (χ2n) is 5.41. The SMILES string of the molecule is CCCNC(CCc1cc(F)ccc1C)C(C)C. The Kier molecular flexibility index (Phi) is 6.34. The second kappa shape index (κ2) is 7.52. The van der Waals surface area contributed by atoms with Crippen molar-refractivity contribution in [2.24, 2.45) is 5.92 Å². The first-order valence-electron chi connectivity index (χ1n) is 7.03. The lowest BCUT2D eigenvalue weighted by molar-refractivity contribution is 0.378. The molecule has 0 spiro atoms. The van der Waals surface area contributed by atoms with Crippen LogP contribution in [0.1, 0.15) is 44.7 Å². The summed E-state index contributed by atoms with van der Waals surface area (Å²) in [6, 6.07) is 5.60. The molecule has 0 saturated carbocycles. The zero-order valence-corrected chi connectivity index (χ0v) is 12.1. The summed E-state index contributed by atoms with van der Waals surface area (Å²) >= 11 is 0. The van der Waals surface area contributed by atoms with Gasteiger partial charge in [0.25, 0.3) is 0 Å². The summed E-state index contributed by atoms with van der Waals surface area (Å²) in [5.74, 6) is 0.489. The van der Waals surface area contributed by atoms with Gasteiger partial charge in [-0.25, -0.2) is 4.39 Å². The third-order valence-electron chi connectivity index (χ3n) is 3.50. The summed E-state index contributed by atoms with van der Waals surface area (Å²) in [6.07, 6.45) is 3.17. The molecule has 1 unspecified atom stereocenters. The number of hydrogen-bond acceptors (Lipinski definition) is 1. The quantitative estimate of drug-likeness (QED) is 0.769. The number of benzene rings is 1. The van der Waals surface area contributed by atoms with Crippen LogP contribution in [0.2, 0.25) is 0 Å². The van der Waals surface area contributed by atoms with Crippen molar-refractivity contribution in [2.75, 3.05) is 6.54 Å². The molecule has 0 aliphatic carbocycles. The monoisotopic (exact) mass is 251 g/mol. The van der Waals surface area contributed by atoms with Gasteiger partial charge in [-0.1, -0.05) is 26.8 Å². The minimum absolute atomic E-state index is 0.127. The Labute approximate surface area is 111 Å². The largest absolute Gasteiger partial charge is 0.314 e. The van der Waals surface area contributed by atoms with Crippen molar-refractivity contribution in [3.05, 3.63) is 35.1 Å². The van der Waals surface area contributed by atoms with Gasteiger partial charge in [-0.3, -0.25) is 0 Å². The van der Waals surface area contributed by atoms with Crippen LogP contribution in [0.4, 0.5) is 4.39 Å². The fourth-order valence-corrected chi connectivity index (χ4v) is 2.22. The zero-order chi connectivity index (χ0) is 13.5. The van der Waals surface area contributed by atoms with Gasteiger partial charge in [0.05, 0.1) is 0 Å². The lowest BCUT2D eigenvalue weighted by atomic mass is 9.95. The smallest absolute Gasteiger partial charge is 0.123 e. The van der Waals surface area contributed by atoms with E-state index in [9.17, 15) is 4.39 Å². The molecule has 18 heavy (non-hydrogen) atoms. The summed E-state index contributed by atoms with van der Waals surface area (Å²) < 4.78 is 13.2. The molecule has 1 aromatic rings. The molecular weight excluding hydrogens is 225 g/mol. The molecule has 1 N–H and O–H groups in total. The molecule has 1 atom stereocenters. The van der Waals surface area contributed by atoms with E-state index in [0.29, 0.717) is 12.0 Å². The molecule has 0 amide bonds. The van der Waals surface area contributed by atoms with E-state index in [0.717, 1.165) is 31.4 Å². The van der Waals surface area contributed by atoms with E-state index in [1.54, 1.807) is 6.07 Å². The Bertz CT molecular complexity index is 360. The van der Waals surface area contributed by atoms with E-state index in [1.807, 2.05) is 6.07 Å². The van der Waals surface area contributed by atoms with Crippen LogP contribution in [0.25, 0.3) is 0 Å². The first-order chi connectivity index (χ1) is 8.54. The van der Waals surface area contributed by atoms with Crippen LogP contribution in [-0.4, -0.2) is 12.6 Å². The maximum Gasteiger partial charge on any atom is 0.123 e. The molecule has 0 aromatic heterocycles. The van der Waals surface area contributed by atoms with Crippen LogP contribution in [-0.2, 0) is 6.42 Å². The Morgan fingerprint density at radius 1 is 1.28 bits per heavy atom. The van der Waals surface area contributed by atoms with Crippen LogP contribution >= 0.6 is 0 Å². The molecule has 0 radical (unpaired) electrons. The minimum Gasteiger partial charge on any atom is -0.314 e. The molecule has 0 aliphatic rings. The highest BCUT2D eigenvalue weighted by atomic mass is 19.1. The van der Waals surface area contributed by atoms with Gasteiger partial charge in [-0.15, -0.1) is 0 Å². The fraction of sp³-hybridized carbons (Fsp3) is 0.625. The lowest BCUT2D eigenvalue weighted by Crippen LogP contribution is -2.34. The van der Waals surface area contributed by atoms with E-state index in [4.69, 9.17) is 0 Å². The Morgan fingerprint density at radius 2 is 2.00 bits per heavy atom. The molecule has 0 aliphatic heterocycles. The first-order valence-corrected chi connectivity index (χ1v) is 7.03. The van der Waals surface area contributed by atoms with Gasteiger partial charge < -0.3 is 5.32 Å². The highest BCUT2D eigenvalue weighted by Crippen LogP contribution is 2.16. The summed E-state index contributed by atoms with van der Waals surface area (Å²) in [5, 5.41) is 3.58. The predicted molar refractivity (Wildman–Crippen MR) is 76.4 cm³/mol. The molecule has 102 valence electrons. The number of rotatable bonds is 7. The Balaban J connectivity index is 2.58. The maximum absolute atomic E-state index is 13.2. The third-order valence-corrected chi connectivity index (χ3v) is 3.50. The highest BCUT2D eigenvalue weighted by molar-refractivity contribution is 5.26. The molecule has 1 rings (SSSR count). The van der Waals surface area contributed by atoms with Crippen molar-refractivity contribution in [1.29, 1.82) is 0 Å². The summed E-state index contributed by atoms with van der Waals surface area (Å²) in [4.78, 5) is 0. The van der Waals surface area contributed by atoms with E-state index in [-0.39, 0.29) is 5.82 Å². The van der Waals surface area contributed by atoms with Gasteiger partial charge in [0, 0.05) is 6.04 Å². The average molecular weight is 251 g/mol. The third kappa shape index (κ3) is 4.77. The number of nitrogens with one attached hydrogen (secondary N) is 1. The second-order valence-corrected chi connectivity index (χ2v) is 5.41. The molecule has 2 heteroatoms. The van der Waals surface area contributed by atoms with Crippen LogP contribution in [0, 0.1) is 18.7 Å². The van der Waals surface area contributed by atoms with Crippen molar-refractivity contribution >= 4 is 0 Å². The van der Waals surface area contributed by atoms with Gasteiger partial charge in [-0.2, -0.15) is 0 Å². The molecule has 0 heterocycles. The minimum atomic E-state index is -0.127. The molecule has 1 nitrogen and oxygen atoms in total. The van der Waals surface area contributed by atoms with E-state index < -0.39 is 0 Å². The van der Waals surface area contributed by atoms with Crippen LogP contribution in [0.5, 0.6) is 0 Å². The average Bonchev–Trinajstić information content (AvgIpc) is 2.33. The van der Waals surface area contributed by atoms with Gasteiger partial charge >= 0.3 is 0 Å². The normalized spacial score (nSPS) is 13.0. The zero-order valence-electron chi connectivity index (χ0n) is 12.1. The lowest BCUT2D eigenvalue weighted by Gasteiger charge is -2.22. The topological polar surface area (TPSA) is 12.0 Å². The summed E-state index contributed by atoms with van der Waals surface area (Å²) in [7, 11) is 0. The van der Waals surface area contributed by atoms with Crippen molar-refractivity contribution in [3.63, 3.8) is 0 Å². The van der Waals surface area contributed by atoms with Gasteiger partial charge in [0.15, 0.2) is 0 Å². The van der Waals surface area contributed by atoms with Gasteiger partial charge in [0.1, 0.15) is 5.82 Å². The van der Waals surface area contributed by atoms with Gasteiger partial charge in [0.2, 0.25) is 0 Å². The van der Waals surface area contributed by atoms with E-state index in [1.165, 1.54) is 11.6 Å². The maximum atomic E-state index is 13.2. The molecule has 1 aromatic carbocycles. The molecular formula is C16H26FN. The van der Waals surface area contributed by atoms with E-state index >= 15 is 0 Å². The molecule has 0 saturated heterocycles. The summed E-state index contributed by atoms with van der Waals surface area (Å²) in [6.45, 7) is 9.78. The van der Waals surface area contributed by atoms with Crippen LogP contribution < -0.4 is 5.32 Å². The van der Waals surface area contributed by atoms with Crippen molar-refractivity contribution < 1.29 is 4.39 Å². The Morgan fingerprint density at radius 3 is 2.61 bits per heavy atom. The number of halogens is 1. The Hall–Kier alpha value is -0.890. The molecule has 0 fully saturated rings. The van der Waals surface area contributed by atoms with Gasteiger partial charge in [-0.05, 0) is 61.9 Å². The van der Waals surface area contributed by atoms with Crippen molar-refractivity contribution in [2.45, 2.75) is 53.0 Å². The molecule has 0 bridgehead atoms. The standard InChI is InChI=1S/C16H26FN/c1-5-10-18-16(12(2)3)9-7-14-11-15(17)8-6-13(14)4/h6,8,11-12,16,18H,5,7,9-10H2,1-4H3. The number of aryl methyl sites for hydroxylation is 2. The van der Waals surface area contributed by atoms with Crippen LogP contribution in [0.3, 0.4) is 0 Å². The predicted octanol–water partition coefficient (Wildman–Crippen LogP) is 4.09. The number of hydrogen-bond donors (Lipinski definition) is 1.